The summed E-state index contributed by atoms with van der Waals surface area (Å²) in [4.78, 5) is 16.6. The van der Waals surface area contributed by atoms with Crippen LogP contribution in [0.15, 0.2) is 42.6 Å². The highest BCUT2D eigenvalue weighted by Gasteiger charge is 2.15. The molecule has 2 rings (SSSR count). The lowest BCUT2D eigenvalue weighted by Crippen LogP contribution is -2.15. The topological polar surface area (TPSA) is 53.4 Å². The number of carboxylic acid groups (broad SMARTS) is 1. The summed E-state index contributed by atoms with van der Waals surface area (Å²) in [5, 5.41) is 9.08. The Morgan fingerprint density at radius 2 is 2.11 bits per heavy atom. The van der Waals surface area contributed by atoms with Gasteiger partial charge in [0.15, 0.2) is 0 Å². The van der Waals surface area contributed by atoms with Gasteiger partial charge in [-0.2, -0.15) is 0 Å². The highest BCUT2D eigenvalue weighted by atomic mass is 19.1. The second kappa shape index (κ2) is 4.83. The maximum atomic E-state index is 13.1. The van der Waals surface area contributed by atoms with Crippen molar-refractivity contribution < 1.29 is 14.3 Å². The third-order valence-corrected chi connectivity index (χ3v) is 2.53. The van der Waals surface area contributed by atoms with Crippen LogP contribution in [0, 0.1) is 5.82 Å². The maximum Gasteiger partial charge on any atom is 0.339 e. The lowest BCUT2D eigenvalue weighted by Gasteiger charge is -2.19. The summed E-state index contributed by atoms with van der Waals surface area (Å²) < 4.78 is 13.1. The van der Waals surface area contributed by atoms with E-state index in [2.05, 4.69) is 4.98 Å². The number of nitrogens with zero attached hydrogens (tertiary/aromatic N) is 2. The van der Waals surface area contributed by atoms with Gasteiger partial charge in [0.25, 0.3) is 0 Å². The van der Waals surface area contributed by atoms with E-state index in [1.54, 1.807) is 25.2 Å². The van der Waals surface area contributed by atoms with E-state index in [-0.39, 0.29) is 17.2 Å². The molecule has 0 aliphatic carbocycles. The number of hydrogen-bond donors (Lipinski definition) is 1. The smallest absolute Gasteiger partial charge is 0.339 e. The normalized spacial score (nSPS) is 10.1. The van der Waals surface area contributed by atoms with Gasteiger partial charge in [0, 0.05) is 18.9 Å². The molecular formula is C13H11FN2O2. The number of pyridine rings is 1. The fourth-order valence-corrected chi connectivity index (χ4v) is 1.64. The predicted molar refractivity (Wildman–Crippen MR) is 65.7 cm³/mol. The number of carbonyl (C=O) groups is 1. The number of aromatic carboxylic acids is 1. The molecule has 18 heavy (non-hydrogen) atoms. The van der Waals surface area contributed by atoms with Crippen LogP contribution in [0.1, 0.15) is 10.4 Å². The fourth-order valence-electron chi connectivity index (χ4n) is 1.64. The Labute approximate surface area is 103 Å². The molecule has 5 heteroatoms. The summed E-state index contributed by atoms with van der Waals surface area (Å²) in [6.07, 6.45) is 1.50. The predicted octanol–water partition coefficient (Wildman–Crippen LogP) is 2.69. The van der Waals surface area contributed by atoms with Crippen LogP contribution in [0.25, 0.3) is 0 Å². The Morgan fingerprint density at radius 3 is 2.78 bits per heavy atom. The first-order valence-corrected chi connectivity index (χ1v) is 5.27. The monoisotopic (exact) mass is 246 g/mol. The van der Waals surface area contributed by atoms with Crippen LogP contribution in [-0.4, -0.2) is 23.1 Å². The molecule has 1 heterocycles. The lowest BCUT2D eigenvalue weighted by atomic mass is 10.2. The molecule has 0 radical (unpaired) electrons. The molecule has 0 bridgehead atoms. The van der Waals surface area contributed by atoms with Gasteiger partial charge in [0.2, 0.25) is 0 Å². The SMILES string of the molecule is CN(c1cccc(F)c1)c1ncccc1C(=O)O. The van der Waals surface area contributed by atoms with Crippen molar-refractivity contribution in [2.24, 2.45) is 0 Å². The van der Waals surface area contributed by atoms with E-state index in [1.807, 2.05) is 0 Å². The van der Waals surface area contributed by atoms with E-state index < -0.39 is 5.97 Å². The van der Waals surface area contributed by atoms with Crippen LogP contribution < -0.4 is 4.90 Å². The minimum atomic E-state index is -1.07. The Bertz CT molecular complexity index is 587. The fraction of sp³-hybridized carbons (Fsp3) is 0.0769. The van der Waals surface area contributed by atoms with Crippen molar-refractivity contribution in [1.29, 1.82) is 0 Å². The first-order valence-electron chi connectivity index (χ1n) is 5.27. The van der Waals surface area contributed by atoms with Crippen LogP contribution >= 0.6 is 0 Å². The van der Waals surface area contributed by atoms with Crippen molar-refractivity contribution in [1.82, 2.24) is 4.98 Å². The van der Waals surface area contributed by atoms with Gasteiger partial charge in [-0.1, -0.05) is 6.07 Å². The highest BCUT2D eigenvalue weighted by Crippen LogP contribution is 2.25. The molecule has 0 fully saturated rings. The average Bonchev–Trinajstić information content (AvgIpc) is 2.38. The zero-order valence-electron chi connectivity index (χ0n) is 9.67. The number of hydrogen-bond acceptors (Lipinski definition) is 3. The molecular weight excluding hydrogens is 235 g/mol. The number of aromatic nitrogens is 1. The molecule has 92 valence electrons. The summed E-state index contributed by atoms with van der Waals surface area (Å²) in [5.41, 5.74) is 0.612. The number of rotatable bonds is 3. The van der Waals surface area contributed by atoms with E-state index in [0.717, 1.165) is 0 Å². The van der Waals surface area contributed by atoms with Gasteiger partial charge in [0.05, 0.1) is 0 Å². The third-order valence-electron chi connectivity index (χ3n) is 2.53. The molecule has 2 aromatic rings. The first-order chi connectivity index (χ1) is 8.59. The number of benzene rings is 1. The molecule has 0 unspecified atom stereocenters. The van der Waals surface area contributed by atoms with Gasteiger partial charge in [-0.05, 0) is 30.3 Å². The molecule has 0 saturated heterocycles. The molecule has 0 aliphatic rings. The van der Waals surface area contributed by atoms with Crippen molar-refractivity contribution in [3.8, 4) is 0 Å². The number of anilines is 2. The van der Waals surface area contributed by atoms with Gasteiger partial charge in [-0.15, -0.1) is 0 Å². The van der Waals surface area contributed by atoms with Crippen LogP contribution in [0.2, 0.25) is 0 Å². The van der Waals surface area contributed by atoms with Crippen LogP contribution in [0.4, 0.5) is 15.9 Å². The Hall–Kier alpha value is -2.43. The molecule has 0 amide bonds. The molecule has 4 nitrogen and oxygen atoms in total. The number of carboxylic acids is 1. The summed E-state index contributed by atoms with van der Waals surface area (Å²) in [6.45, 7) is 0. The van der Waals surface area contributed by atoms with Gasteiger partial charge < -0.3 is 10.0 Å². The standard InChI is InChI=1S/C13H11FN2O2/c1-16(10-5-2-4-9(14)8-10)12-11(13(17)18)6-3-7-15-12/h2-8H,1H3,(H,17,18). The maximum absolute atomic E-state index is 13.1. The highest BCUT2D eigenvalue weighted by molar-refractivity contribution is 5.94. The molecule has 1 aromatic carbocycles. The quantitative estimate of drug-likeness (QED) is 0.904. The van der Waals surface area contributed by atoms with Crippen LogP contribution in [0.5, 0.6) is 0 Å². The molecule has 0 saturated carbocycles. The average molecular weight is 246 g/mol. The summed E-state index contributed by atoms with van der Waals surface area (Å²) >= 11 is 0. The molecule has 0 aliphatic heterocycles. The molecule has 1 N–H and O–H groups in total. The molecule has 0 atom stereocenters. The van der Waals surface area contributed by atoms with Gasteiger partial charge in [-0.3, -0.25) is 0 Å². The minimum absolute atomic E-state index is 0.0734. The van der Waals surface area contributed by atoms with Crippen LogP contribution in [-0.2, 0) is 0 Å². The van der Waals surface area contributed by atoms with E-state index in [9.17, 15) is 9.18 Å². The summed E-state index contributed by atoms with van der Waals surface area (Å²) in [7, 11) is 1.64. The Balaban J connectivity index is 2.46. The van der Waals surface area contributed by atoms with E-state index in [0.29, 0.717) is 5.69 Å². The summed E-state index contributed by atoms with van der Waals surface area (Å²) in [5.74, 6) is -1.18. The minimum Gasteiger partial charge on any atom is -0.478 e. The van der Waals surface area contributed by atoms with Gasteiger partial charge in [-0.25, -0.2) is 14.2 Å². The Morgan fingerprint density at radius 1 is 1.33 bits per heavy atom. The van der Waals surface area contributed by atoms with Gasteiger partial charge in [0.1, 0.15) is 17.2 Å². The second-order valence-corrected chi connectivity index (χ2v) is 3.72. The molecule has 0 spiro atoms. The number of halogens is 1. The van der Waals surface area contributed by atoms with Crippen molar-refractivity contribution in [2.45, 2.75) is 0 Å². The van der Waals surface area contributed by atoms with Crippen molar-refractivity contribution in [3.63, 3.8) is 0 Å². The van der Waals surface area contributed by atoms with E-state index >= 15 is 0 Å². The zero-order valence-corrected chi connectivity index (χ0v) is 9.67. The van der Waals surface area contributed by atoms with Gasteiger partial charge >= 0.3 is 5.97 Å². The van der Waals surface area contributed by atoms with Crippen molar-refractivity contribution >= 4 is 17.5 Å². The third kappa shape index (κ3) is 2.29. The summed E-state index contributed by atoms with van der Waals surface area (Å²) in [6, 6.07) is 8.90. The largest absolute Gasteiger partial charge is 0.478 e. The molecule has 1 aromatic heterocycles. The van der Waals surface area contributed by atoms with Crippen molar-refractivity contribution in [3.05, 3.63) is 54.0 Å². The van der Waals surface area contributed by atoms with Crippen molar-refractivity contribution in [2.75, 3.05) is 11.9 Å². The first kappa shape index (κ1) is 12.0. The Kier molecular flexibility index (Phi) is 3.23. The second-order valence-electron chi connectivity index (χ2n) is 3.72. The van der Waals surface area contributed by atoms with Crippen LogP contribution in [0.3, 0.4) is 0 Å². The zero-order chi connectivity index (χ0) is 13.1. The van der Waals surface area contributed by atoms with E-state index in [4.69, 9.17) is 5.11 Å². The van der Waals surface area contributed by atoms with E-state index in [1.165, 1.54) is 29.3 Å². The lowest BCUT2D eigenvalue weighted by molar-refractivity contribution is 0.0697.